The molecule has 0 saturated heterocycles. The molecular formula is C30H31Cl2FN2O6. The number of pyridine rings is 1. The number of rotatable bonds is 9. The molecule has 0 unspecified atom stereocenters. The highest BCUT2D eigenvalue weighted by atomic mass is 35.5. The lowest BCUT2D eigenvalue weighted by molar-refractivity contribution is -0.157. The van der Waals surface area contributed by atoms with Crippen molar-refractivity contribution in [2.24, 2.45) is 0 Å². The molecule has 41 heavy (non-hydrogen) atoms. The van der Waals surface area contributed by atoms with E-state index in [1.807, 2.05) is 18.2 Å². The Hall–Kier alpha value is -3.79. The van der Waals surface area contributed by atoms with Crippen molar-refractivity contribution < 1.29 is 32.9 Å². The summed E-state index contributed by atoms with van der Waals surface area (Å²) < 4.78 is 43.0. The van der Waals surface area contributed by atoms with E-state index in [2.05, 4.69) is 4.98 Å². The van der Waals surface area contributed by atoms with Gasteiger partial charge in [0, 0.05) is 17.0 Å². The van der Waals surface area contributed by atoms with E-state index < -0.39 is 12.2 Å². The molecule has 0 saturated carbocycles. The van der Waals surface area contributed by atoms with Crippen LogP contribution in [0.1, 0.15) is 17.4 Å². The number of carbonyl (C=O) groups excluding carboxylic acids is 1. The number of methoxy groups -OCH3 is 1. The quantitative estimate of drug-likeness (QED) is 0.222. The van der Waals surface area contributed by atoms with Gasteiger partial charge in [-0.05, 0) is 68.7 Å². The fourth-order valence-electron chi connectivity index (χ4n) is 4.33. The predicted octanol–water partition coefficient (Wildman–Crippen LogP) is 5.79. The van der Waals surface area contributed by atoms with Crippen molar-refractivity contribution in [3.8, 4) is 23.0 Å². The van der Waals surface area contributed by atoms with Gasteiger partial charge in [-0.1, -0.05) is 12.1 Å². The van der Waals surface area contributed by atoms with Gasteiger partial charge < -0.3 is 23.7 Å². The van der Waals surface area contributed by atoms with Gasteiger partial charge in [-0.25, -0.2) is 9.37 Å². The van der Waals surface area contributed by atoms with Crippen LogP contribution in [0.3, 0.4) is 0 Å². The summed E-state index contributed by atoms with van der Waals surface area (Å²) in [6, 6.07) is 20.7. The van der Waals surface area contributed by atoms with Crippen LogP contribution in [0.5, 0.6) is 23.0 Å². The van der Waals surface area contributed by atoms with Crippen LogP contribution in [0.4, 0.5) is 4.39 Å². The molecule has 3 aromatic carbocycles. The van der Waals surface area contributed by atoms with Crippen molar-refractivity contribution in [1.82, 2.24) is 9.88 Å². The van der Waals surface area contributed by atoms with E-state index in [9.17, 15) is 9.18 Å². The number of hydrogen-bond acceptors (Lipinski definition) is 8. The number of carbonyl (C=O) groups is 1. The lowest BCUT2D eigenvalue weighted by Crippen LogP contribution is -2.39. The molecule has 4 aromatic rings. The van der Waals surface area contributed by atoms with Gasteiger partial charge in [-0.15, -0.1) is 24.8 Å². The molecule has 2 atom stereocenters. The van der Waals surface area contributed by atoms with Crippen LogP contribution in [0.25, 0.3) is 10.9 Å². The highest BCUT2D eigenvalue weighted by Crippen LogP contribution is 2.39. The van der Waals surface area contributed by atoms with E-state index >= 15 is 0 Å². The average molecular weight is 605 g/mol. The zero-order chi connectivity index (χ0) is 27.4. The molecule has 218 valence electrons. The molecule has 8 nitrogen and oxygen atoms in total. The SMILES string of the molecule is COc1cccc(O[C@@H]2COc3ccc(OCc4ccc5cc(F)ccc5n4)cc3[C@@H]2OC(=O)CN(C)C)c1.Cl.Cl. The highest BCUT2D eigenvalue weighted by molar-refractivity contribution is 5.85. The maximum atomic E-state index is 13.5. The van der Waals surface area contributed by atoms with E-state index in [1.165, 1.54) is 12.1 Å². The number of nitrogens with zero attached hydrogens (tertiary/aromatic N) is 2. The van der Waals surface area contributed by atoms with Gasteiger partial charge in [0.05, 0.1) is 24.9 Å². The van der Waals surface area contributed by atoms with E-state index in [-0.39, 0.29) is 56.4 Å². The summed E-state index contributed by atoms with van der Waals surface area (Å²) >= 11 is 0. The summed E-state index contributed by atoms with van der Waals surface area (Å²) in [4.78, 5) is 19.0. The molecule has 11 heteroatoms. The average Bonchev–Trinajstić information content (AvgIpc) is 2.92. The second kappa shape index (κ2) is 14.2. The first kappa shape index (κ1) is 31.7. The fourth-order valence-corrected chi connectivity index (χ4v) is 4.33. The van der Waals surface area contributed by atoms with E-state index in [4.69, 9.17) is 23.7 Å². The Balaban J connectivity index is 0.00000231. The van der Waals surface area contributed by atoms with Gasteiger partial charge in [-0.2, -0.15) is 0 Å². The fraction of sp³-hybridized carbons (Fsp3) is 0.267. The summed E-state index contributed by atoms with van der Waals surface area (Å²) in [5, 5.41) is 0.717. The summed E-state index contributed by atoms with van der Waals surface area (Å²) in [6.45, 7) is 0.500. The largest absolute Gasteiger partial charge is 0.497 e. The standard InChI is InChI=1S/C30H29FN2O6.2ClH/c1-33(2)16-29(34)39-30-25-15-23(36-17-21-9-7-19-13-20(31)8-11-26(19)32-21)10-12-27(25)37-18-28(30)38-24-6-4-5-22(14-24)35-3;;/h4-15,28,30H,16-18H2,1-3H3;2*1H/t28-,30+;;/m1../s1. The third kappa shape index (κ3) is 7.91. The monoisotopic (exact) mass is 604 g/mol. The maximum Gasteiger partial charge on any atom is 0.320 e. The Kier molecular flexibility index (Phi) is 11.0. The molecule has 0 spiro atoms. The molecule has 2 heterocycles. The lowest BCUT2D eigenvalue weighted by Gasteiger charge is -2.33. The number of fused-ring (bicyclic) bond motifs is 2. The molecule has 1 aliphatic heterocycles. The van der Waals surface area contributed by atoms with E-state index in [0.29, 0.717) is 45.2 Å². The van der Waals surface area contributed by atoms with Crippen LogP contribution in [-0.4, -0.2) is 56.3 Å². The van der Waals surface area contributed by atoms with Gasteiger partial charge in [0.25, 0.3) is 0 Å². The molecule has 1 aromatic heterocycles. The van der Waals surface area contributed by atoms with Crippen LogP contribution in [0.2, 0.25) is 0 Å². The normalized spacial score (nSPS) is 15.5. The predicted molar refractivity (Wildman–Crippen MR) is 157 cm³/mol. The van der Waals surface area contributed by atoms with E-state index in [0.717, 1.165) is 0 Å². The third-order valence-electron chi connectivity index (χ3n) is 6.16. The summed E-state index contributed by atoms with van der Waals surface area (Å²) in [5.74, 6) is 1.65. The van der Waals surface area contributed by atoms with Gasteiger partial charge in [0.1, 0.15) is 42.0 Å². The first-order valence-electron chi connectivity index (χ1n) is 12.5. The molecule has 1 aliphatic rings. The van der Waals surface area contributed by atoms with Gasteiger partial charge in [0.15, 0.2) is 12.2 Å². The van der Waals surface area contributed by atoms with Crippen LogP contribution < -0.4 is 18.9 Å². The molecule has 0 fully saturated rings. The van der Waals surface area contributed by atoms with E-state index in [1.54, 1.807) is 68.6 Å². The van der Waals surface area contributed by atoms with Crippen molar-refractivity contribution in [1.29, 1.82) is 0 Å². The van der Waals surface area contributed by atoms with Gasteiger partial charge in [-0.3, -0.25) is 9.69 Å². The number of ether oxygens (including phenoxy) is 5. The van der Waals surface area contributed by atoms with Crippen molar-refractivity contribution in [3.05, 3.63) is 89.9 Å². The number of esters is 1. The number of benzene rings is 3. The minimum Gasteiger partial charge on any atom is -0.497 e. The second-order valence-electron chi connectivity index (χ2n) is 9.42. The minimum atomic E-state index is -0.732. The lowest BCUT2D eigenvalue weighted by atomic mass is 10.00. The third-order valence-corrected chi connectivity index (χ3v) is 6.16. The summed E-state index contributed by atoms with van der Waals surface area (Å²) in [5.41, 5.74) is 2.01. The number of aromatic nitrogens is 1. The first-order chi connectivity index (χ1) is 18.9. The smallest absolute Gasteiger partial charge is 0.320 e. The van der Waals surface area contributed by atoms with Crippen LogP contribution in [0.15, 0.2) is 72.8 Å². The molecule has 0 amide bonds. The molecule has 0 radical (unpaired) electrons. The Morgan fingerprint density at radius 2 is 1.80 bits per heavy atom. The van der Waals surface area contributed by atoms with Crippen molar-refractivity contribution in [2.45, 2.75) is 18.8 Å². The highest BCUT2D eigenvalue weighted by Gasteiger charge is 2.36. The van der Waals surface area contributed by atoms with Crippen molar-refractivity contribution >= 4 is 41.7 Å². The number of halogens is 3. The van der Waals surface area contributed by atoms with Crippen molar-refractivity contribution in [3.63, 3.8) is 0 Å². The Bertz CT molecular complexity index is 1490. The Morgan fingerprint density at radius 1 is 1.00 bits per heavy atom. The molecule has 0 aliphatic carbocycles. The van der Waals surface area contributed by atoms with Crippen molar-refractivity contribution in [2.75, 3.05) is 34.4 Å². The second-order valence-corrected chi connectivity index (χ2v) is 9.42. The topological polar surface area (TPSA) is 79.4 Å². The van der Waals surface area contributed by atoms with Crippen LogP contribution in [-0.2, 0) is 16.1 Å². The molecule has 0 N–H and O–H groups in total. The summed E-state index contributed by atoms with van der Waals surface area (Å²) in [6.07, 6.45) is -1.34. The number of hydrogen-bond donors (Lipinski definition) is 0. The molecule has 5 rings (SSSR count). The van der Waals surface area contributed by atoms with Crippen LogP contribution >= 0.6 is 24.8 Å². The minimum absolute atomic E-state index is 0. The molecular weight excluding hydrogens is 574 g/mol. The zero-order valence-corrected chi connectivity index (χ0v) is 24.4. The number of likely N-dealkylation sites (N-methyl/N-ethyl adjacent to an activating group) is 1. The van der Waals surface area contributed by atoms with Gasteiger partial charge >= 0.3 is 5.97 Å². The van der Waals surface area contributed by atoms with Gasteiger partial charge in [0.2, 0.25) is 0 Å². The maximum absolute atomic E-state index is 13.5. The Morgan fingerprint density at radius 3 is 2.59 bits per heavy atom. The zero-order valence-electron chi connectivity index (χ0n) is 22.7. The molecule has 0 bridgehead atoms. The summed E-state index contributed by atoms with van der Waals surface area (Å²) in [7, 11) is 5.18. The van der Waals surface area contributed by atoms with Crippen LogP contribution in [0, 0.1) is 5.82 Å². The first-order valence-corrected chi connectivity index (χ1v) is 12.5. The Labute approximate surface area is 250 Å².